The first-order valence-corrected chi connectivity index (χ1v) is 11.5. The number of benzene rings is 1. The Kier molecular flexibility index (Phi) is 6.47. The van der Waals surface area contributed by atoms with Crippen molar-refractivity contribution in [1.29, 1.82) is 0 Å². The van der Waals surface area contributed by atoms with Crippen LogP contribution in [-0.4, -0.2) is 87.2 Å². The summed E-state index contributed by atoms with van der Waals surface area (Å²) >= 11 is 0. The molecule has 0 saturated carbocycles. The van der Waals surface area contributed by atoms with Crippen LogP contribution in [-0.2, 0) is 21.3 Å². The van der Waals surface area contributed by atoms with Crippen molar-refractivity contribution in [3.8, 4) is 5.75 Å². The third-order valence-electron chi connectivity index (χ3n) is 5.41. The molecule has 0 radical (unpaired) electrons. The number of hydrogen-bond acceptors (Lipinski definition) is 8. The molecule has 0 atom stereocenters. The summed E-state index contributed by atoms with van der Waals surface area (Å²) < 4.78 is 37.8. The first kappa shape index (κ1) is 21.0. The van der Waals surface area contributed by atoms with Gasteiger partial charge in [-0.25, -0.2) is 18.4 Å². The van der Waals surface area contributed by atoms with Gasteiger partial charge in [-0.1, -0.05) is 0 Å². The first-order valence-electron chi connectivity index (χ1n) is 10.1. The summed E-state index contributed by atoms with van der Waals surface area (Å²) in [5, 5.41) is 0. The van der Waals surface area contributed by atoms with E-state index in [1.165, 1.54) is 0 Å². The fraction of sp³-hybridized carbons (Fsp3) is 0.500. The highest BCUT2D eigenvalue weighted by Crippen LogP contribution is 2.21. The van der Waals surface area contributed by atoms with Gasteiger partial charge in [0.25, 0.3) is 0 Å². The second kappa shape index (κ2) is 9.25. The second-order valence-electron chi connectivity index (χ2n) is 7.30. The minimum absolute atomic E-state index is 0.294. The molecule has 2 saturated heterocycles. The van der Waals surface area contributed by atoms with Gasteiger partial charge < -0.3 is 14.4 Å². The molecule has 0 spiro atoms. The molecule has 1 aromatic carbocycles. The van der Waals surface area contributed by atoms with Gasteiger partial charge in [0.2, 0.25) is 16.0 Å². The zero-order valence-electron chi connectivity index (χ0n) is 17.1. The maximum absolute atomic E-state index is 12.9. The molecule has 1 aromatic heterocycles. The fourth-order valence-electron chi connectivity index (χ4n) is 3.64. The summed E-state index contributed by atoms with van der Waals surface area (Å²) in [6.07, 6.45) is 1.79. The number of sulfonamides is 1. The molecule has 9 nitrogen and oxygen atoms in total. The number of ether oxygens (including phenoxy) is 2. The van der Waals surface area contributed by atoms with E-state index in [-0.39, 0.29) is 0 Å². The van der Waals surface area contributed by atoms with Crippen molar-refractivity contribution in [2.45, 2.75) is 11.4 Å². The average Bonchev–Trinajstić information content (AvgIpc) is 2.80. The molecule has 0 bridgehead atoms. The summed E-state index contributed by atoms with van der Waals surface area (Å²) in [4.78, 5) is 13.7. The van der Waals surface area contributed by atoms with Gasteiger partial charge in [0, 0.05) is 52.0 Å². The number of morpholine rings is 1. The average molecular weight is 434 g/mol. The number of methoxy groups -OCH3 is 1. The van der Waals surface area contributed by atoms with Gasteiger partial charge in [0.15, 0.2) is 0 Å². The van der Waals surface area contributed by atoms with E-state index in [1.54, 1.807) is 41.9 Å². The summed E-state index contributed by atoms with van der Waals surface area (Å²) in [5.74, 6) is 1.37. The Morgan fingerprint density at radius 3 is 2.37 bits per heavy atom. The minimum atomic E-state index is -3.50. The van der Waals surface area contributed by atoms with Crippen molar-refractivity contribution < 1.29 is 17.9 Å². The van der Waals surface area contributed by atoms with Crippen molar-refractivity contribution in [2.75, 3.05) is 64.5 Å². The van der Waals surface area contributed by atoms with E-state index in [1.807, 2.05) is 6.07 Å². The van der Waals surface area contributed by atoms with E-state index < -0.39 is 10.0 Å². The normalized spacial score (nSPS) is 19.0. The van der Waals surface area contributed by atoms with E-state index in [0.29, 0.717) is 56.6 Å². The van der Waals surface area contributed by atoms with Crippen LogP contribution < -0.4 is 9.64 Å². The van der Waals surface area contributed by atoms with Crippen LogP contribution in [0, 0.1) is 0 Å². The lowest BCUT2D eigenvalue weighted by Gasteiger charge is -2.34. The Balaban J connectivity index is 1.35. The van der Waals surface area contributed by atoms with E-state index in [4.69, 9.17) is 14.5 Å². The minimum Gasteiger partial charge on any atom is -0.497 e. The molecule has 4 rings (SSSR count). The quantitative estimate of drug-likeness (QED) is 0.662. The number of anilines is 1. The Morgan fingerprint density at radius 2 is 1.70 bits per heavy atom. The van der Waals surface area contributed by atoms with Crippen LogP contribution in [0.4, 0.5) is 5.95 Å². The van der Waals surface area contributed by atoms with Gasteiger partial charge in [0.1, 0.15) is 5.75 Å². The van der Waals surface area contributed by atoms with E-state index in [9.17, 15) is 8.42 Å². The molecule has 30 heavy (non-hydrogen) atoms. The van der Waals surface area contributed by atoms with Crippen molar-refractivity contribution in [3.05, 3.63) is 42.2 Å². The van der Waals surface area contributed by atoms with Gasteiger partial charge >= 0.3 is 0 Å². The molecular formula is C20H27N5O4S. The number of rotatable bonds is 6. The number of piperazine rings is 1. The van der Waals surface area contributed by atoms with Gasteiger partial charge in [-0.15, -0.1) is 0 Å². The van der Waals surface area contributed by atoms with E-state index in [2.05, 4.69) is 14.8 Å². The lowest BCUT2D eigenvalue weighted by molar-refractivity contribution is 0.122. The molecule has 2 aromatic rings. The van der Waals surface area contributed by atoms with Crippen LogP contribution in [0.15, 0.2) is 41.4 Å². The number of hydrogen-bond donors (Lipinski definition) is 0. The molecule has 0 unspecified atom stereocenters. The molecule has 0 amide bonds. The lowest BCUT2D eigenvalue weighted by atomic mass is 10.3. The Hall–Kier alpha value is -2.27. The highest BCUT2D eigenvalue weighted by atomic mass is 32.2. The van der Waals surface area contributed by atoms with Crippen molar-refractivity contribution >= 4 is 16.0 Å². The summed E-state index contributed by atoms with van der Waals surface area (Å²) in [7, 11) is -1.94. The maximum Gasteiger partial charge on any atom is 0.243 e. The fourth-order valence-corrected chi connectivity index (χ4v) is 5.06. The predicted molar refractivity (Wildman–Crippen MR) is 112 cm³/mol. The van der Waals surface area contributed by atoms with Crippen molar-refractivity contribution in [2.24, 2.45) is 0 Å². The Morgan fingerprint density at radius 1 is 1.00 bits per heavy atom. The van der Waals surface area contributed by atoms with Crippen LogP contribution in [0.25, 0.3) is 0 Å². The molecule has 3 heterocycles. The van der Waals surface area contributed by atoms with Gasteiger partial charge in [-0.2, -0.15) is 4.31 Å². The molecule has 2 aliphatic heterocycles. The number of aromatic nitrogens is 2. The molecule has 10 heteroatoms. The maximum atomic E-state index is 12.9. The molecule has 0 N–H and O–H groups in total. The van der Waals surface area contributed by atoms with Crippen molar-refractivity contribution in [1.82, 2.24) is 19.2 Å². The molecule has 2 aliphatic rings. The van der Waals surface area contributed by atoms with Crippen LogP contribution >= 0.6 is 0 Å². The van der Waals surface area contributed by atoms with Gasteiger partial charge in [-0.3, -0.25) is 4.90 Å². The smallest absolute Gasteiger partial charge is 0.243 e. The van der Waals surface area contributed by atoms with Crippen LogP contribution in [0.2, 0.25) is 0 Å². The van der Waals surface area contributed by atoms with E-state index in [0.717, 1.165) is 24.7 Å². The topological polar surface area (TPSA) is 88.1 Å². The standard InChI is InChI=1S/C20H27N5O4S/c1-28-18-2-4-19(5-3-18)30(26,27)25-10-8-23(9-11-25)16-17-6-7-21-20(22-17)24-12-14-29-15-13-24/h2-7H,8-16H2,1H3. The summed E-state index contributed by atoms with van der Waals surface area (Å²) in [6, 6.07) is 8.45. The Labute approximate surface area is 177 Å². The first-order chi connectivity index (χ1) is 14.6. The summed E-state index contributed by atoms with van der Waals surface area (Å²) in [6.45, 7) is 5.88. The Bertz CT molecular complexity index is 940. The van der Waals surface area contributed by atoms with Gasteiger partial charge in [0.05, 0.1) is 30.9 Å². The highest BCUT2D eigenvalue weighted by Gasteiger charge is 2.28. The SMILES string of the molecule is COc1ccc(S(=O)(=O)N2CCN(Cc3ccnc(N4CCOCC4)n3)CC2)cc1. The number of nitrogens with zero attached hydrogens (tertiary/aromatic N) is 5. The van der Waals surface area contributed by atoms with Gasteiger partial charge in [-0.05, 0) is 30.3 Å². The monoisotopic (exact) mass is 433 g/mol. The third kappa shape index (κ3) is 4.72. The predicted octanol–water partition coefficient (Wildman–Crippen LogP) is 0.828. The third-order valence-corrected chi connectivity index (χ3v) is 7.32. The van der Waals surface area contributed by atoms with Crippen LogP contribution in [0.3, 0.4) is 0 Å². The van der Waals surface area contributed by atoms with Crippen molar-refractivity contribution in [3.63, 3.8) is 0 Å². The van der Waals surface area contributed by atoms with E-state index >= 15 is 0 Å². The molecular weight excluding hydrogens is 406 g/mol. The largest absolute Gasteiger partial charge is 0.497 e. The molecule has 2 fully saturated rings. The van der Waals surface area contributed by atoms with Crippen LogP contribution in [0.5, 0.6) is 5.75 Å². The lowest BCUT2D eigenvalue weighted by Crippen LogP contribution is -2.48. The zero-order valence-corrected chi connectivity index (χ0v) is 17.9. The second-order valence-corrected chi connectivity index (χ2v) is 9.24. The molecule has 162 valence electrons. The molecule has 0 aliphatic carbocycles. The zero-order chi connectivity index (χ0) is 21.0. The summed E-state index contributed by atoms with van der Waals surface area (Å²) in [5.41, 5.74) is 0.943. The van der Waals surface area contributed by atoms with Crippen LogP contribution in [0.1, 0.15) is 5.69 Å². The highest BCUT2D eigenvalue weighted by molar-refractivity contribution is 7.89.